The lowest BCUT2D eigenvalue weighted by Crippen LogP contribution is -2.65. The van der Waals surface area contributed by atoms with Gasteiger partial charge < -0.3 is 65.1 Å². The highest BCUT2D eigenvalue weighted by molar-refractivity contribution is 5.76. The van der Waals surface area contributed by atoms with Crippen LogP contribution in [0.2, 0.25) is 0 Å². The van der Waals surface area contributed by atoms with Crippen molar-refractivity contribution in [3.05, 3.63) is 24.3 Å². The van der Waals surface area contributed by atoms with Gasteiger partial charge in [0.1, 0.15) is 48.8 Å². The highest BCUT2D eigenvalue weighted by Gasteiger charge is 2.51. The number of amides is 1. The zero-order valence-electron chi connectivity index (χ0n) is 39.1. The third-order valence-electron chi connectivity index (χ3n) is 12.4. The number of aliphatic hydroxyl groups excluding tert-OH is 8. The number of nitrogens with one attached hydrogen (secondary N) is 1. The molecule has 14 heteroatoms. The minimum atomic E-state index is -1.79. The number of hydrogen-bond donors (Lipinski definition) is 9. The number of aliphatic hydroxyl groups is 8. The SMILES string of the molecule is CCCCCCCCCCCCCCCCCCC/C=C/CC/C=C/C(O)C(COC1OC(CO)C(OC2OC(CO)C(O)C(O)C2O)C(O)C1O)NC(=O)CCCCCCCC. The van der Waals surface area contributed by atoms with Gasteiger partial charge in [0.05, 0.1) is 32.0 Å². The molecule has 0 aromatic carbocycles. The summed E-state index contributed by atoms with van der Waals surface area (Å²) in [5.74, 6) is -0.259. The molecule has 0 spiro atoms. The van der Waals surface area contributed by atoms with Gasteiger partial charge in [-0.05, 0) is 32.1 Å². The second-order valence-corrected chi connectivity index (χ2v) is 17.9. The molecule has 2 heterocycles. The van der Waals surface area contributed by atoms with E-state index in [1.807, 2.05) is 6.08 Å². The van der Waals surface area contributed by atoms with E-state index in [0.717, 1.165) is 44.9 Å². The van der Waals surface area contributed by atoms with Gasteiger partial charge in [-0.3, -0.25) is 4.79 Å². The van der Waals surface area contributed by atoms with Crippen molar-refractivity contribution >= 4 is 5.91 Å². The van der Waals surface area contributed by atoms with Gasteiger partial charge in [0.2, 0.25) is 5.91 Å². The van der Waals surface area contributed by atoms with Crippen LogP contribution in [-0.2, 0) is 23.7 Å². The van der Waals surface area contributed by atoms with Crippen LogP contribution >= 0.6 is 0 Å². The first-order chi connectivity index (χ1) is 30.6. The summed E-state index contributed by atoms with van der Waals surface area (Å²) < 4.78 is 22.6. The Bertz CT molecular complexity index is 1160. The molecule has 0 radical (unpaired) electrons. The van der Waals surface area contributed by atoms with Crippen LogP contribution in [0.25, 0.3) is 0 Å². The van der Waals surface area contributed by atoms with Crippen molar-refractivity contribution in [1.29, 1.82) is 0 Å². The Balaban J connectivity index is 1.76. The second-order valence-electron chi connectivity index (χ2n) is 17.9. The summed E-state index contributed by atoms with van der Waals surface area (Å²) in [6.45, 7) is 2.69. The molecule has 0 bridgehead atoms. The number of carbonyl (C=O) groups is 1. The first-order valence-electron chi connectivity index (χ1n) is 25.1. The van der Waals surface area contributed by atoms with Crippen molar-refractivity contribution in [3.8, 4) is 0 Å². The number of unbranched alkanes of at least 4 members (excludes halogenated alkanes) is 23. The van der Waals surface area contributed by atoms with E-state index in [4.69, 9.17) is 18.9 Å². The van der Waals surface area contributed by atoms with E-state index in [-0.39, 0.29) is 18.9 Å². The summed E-state index contributed by atoms with van der Waals surface area (Å²) in [4.78, 5) is 13.0. The molecule has 2 aliphatic heterocycles. The van der Waals surface area contributed by atoms with Crippen molar-refractivity contribution in [2.75, 3.05) is 19.8 Å². The van der Waals surface area contributed by atoms with Crippen molar-refractivity contribution in [1.82, 2.24) is 5.32 Å². The molecule has 0 aromatic heterocycles. The fourth-order valence-corrected chi connectivity index (χ4v) is 8.25. The van der Waals surface area contributed by atoms with Crippen LogP contribution in [0.4, 0.5) is 0 Å². The van der Waals surface area contributed by atoms with Gasteiger partial charge in [0.25, 0.3) is 0 Å². The van der Waals surface area contributed by atoms with Crippen LogP contribution < -0.4 is 5.32 Å². The Labute approximate surface area is 379 Å². The Morgan fingerprint density at radius 1 is 0.556 bits per heavy atom. The number of ether oxygens (including phenoxy) is 4. The van der Waals surface area contributed by atoms with E-state index in [9.17, 15) is 45.6 Å². The standard InChI is InChI=1S/C49H91NO13/c1-3-5-7-9-11-12-13-14-15-16-17-18-19-20-21-22-23-24-25-26-27-28-30-32-38(53)37(50-41(54)33-31-29-10-8-6-4-2)36-60-48-46(59)44(57)47(40(35-52)62-48)63-49-45(58)43(56)42(55)39(34-51)61-49/h25-26,30,32,37-40,42-49,51-53,55-59H,3-24,27-29,31,33-36H2,1-2H3,(H,50,54)/b26-25+,32-30+. The van der Waals surface area contributed by atoms with Crippen LogP contribution in [0, 0.1) is 0 Å². The van der Waals surface area contributed by atoms with Crippen molar-refractivity contribution in [2.24, 2.45) is 0 Å². The first-order valence-corrected chi connectivity index (χ1v) is 25.1. The van der Waals surface area contributed by atoms with Gasteiger partial charge in [-0.1, -0.05) is 173 Å². The van der Waals surface area contributed by atoms with E-state index in [2.05, 4.69) is 31.3 Å². The fraction of sp³-hybridized carbons (Fsp3) is 0.898. The van der Waals surface area contributed by atoms with Crippen LogP contribution in [0.1, 0.15) is 187 Å². The molecular formula is C49H91NO13. The second kappa shape index (κ2) is 36.6. The van der Waals surface area contributed by atoms with Gasteiger partial charge >= 0.3 is 0 Å². The molecular weight excluding hydrogens is 811 g/mol. The average molecular weight is 902 g/mol. The maximum absolute atomic E-state index is 13.0. The maximum atomic E-state index is 13.0. The van der Waals surface area contributed by atoms with Gasteiger partial charge in [-0.25, -0.2) is 0 Å². The van der Waals surface area contributed by atoms with Crippen molar-refractivity contribution in [2.45, 2.75) is 261 Å². The Kier molecular flexibility index (Phi) is 33.4. The third-order valence-corrected chi connectivity index (χ3v) is 12.4. The topological polar surface area (TPSA) is 228 Å². The summed E-state index contributed by atoms with van der Waals surface area (Å²) in [6, 6.07) is -0.923. The predicted octanol–water partition coefficient (Wildman–Crippen LogP) is 6.16. The third kappa shape index (κ3) is 24.2. The number of rotatable bonds is 38. The molecule has 2 saturated heterocycles. The summed E-state index contributed by atoms with van der Waals surface area (Å²) in [5, 5.41) is 86.3. The highest BCUT2D eigenvalue weighted by atomic mass is 16.7. The summed E-state index contributed by atoms with van der Waals surface area (Å²) in [6.07, 6.45) is 22.8. The molecule has 0 aliphatic carbocycles. The van der Waals surface area contributed by atoms with Crippen LogP contribution in [0.5, 0.6) is 0 Å². The molecule has 370 valence electrons. The lowest BCUT2D eigenvalue weighted by Gasteiger charge is -2.46. The number of hydrogen-bond acceptors (Lipinski definition) is 13. The Morgan fingerprint density at radius 2 is 1.02 bits per heavy atom. The minimum absolute atomic E-state index is 0.259. The molecule has 12 atom stereocenters. The fourth-order valence-electron chi connectivity index (χ4n) is 8.25. The quantitative estimate of drug-likeness (QED) is 0.0250. The molecule has 63 heavy (non-hydrogen) atoms. The molecule has 9 N–H and O–H groups in total. The summed E-state index contributed by atoms with van der Waals surface area (Å²) in [7, 11) is 0. The molecule has 2 aliphatic rings. The van der Waals surface area contributed by atoms with E-state index >= 15 is 0 Å². The van der Waals surface area contributed by atoms with Gasteiger partial charge in [0.15, 0.2) is 12.6 Å². The van der Waals surface area contributed by atoms with Crippen LogP contribution in [0.15, 0.2) is 24.3 Å². The first kappa shape index (κ1) is 57.6. The molecule has 2 fully saturated rings. The predicted molar refractivity (Wildman–Crippen MR) is 245 cm³/mol. The van der Waals surface area contributed by atoms with E-state index in [0.29, 0.717) is 12.8 Å². The monoisotopic (exact) mass is 902 g/mol. The molecule has 0 aromatic rings. The van der Waals surface area contributed by atoms with Gasteiger partial charge in [-0.2, -0.15) is 0 Å². The maximum Gasteiger partial charge on any atom is 0.220 e. The van der Waals surface area contributed by atoms with Crippen molar-refractivity contribution < 1.29 is 64.6 Å². The van der Waals surface area contributed by atoms with Gasteiger partial charge in [0, 0.05) is 6.42 Å². The average Bonchev–Trinajstić information content (AvgIpc) is 3.28. The molecule has 12 unspecified atom stereocenters. The van der Waals surface area contributed by atoms with E-state index < -0.39 is 86.8 Å². The zero-order valence-corrected chi connectivity index (χ0v) is 39.1. The lowest BCUT2D eigenvalue weighted by molar-refractivity contribution is -0.359. The molecule has 0 saturated carbocycles. The van der Waals surface area contributed by atoms with Gasteiger partial charge in [-0.15, -0.1) is 0 Å². The van der Waals surface area contributed by atoms with Crippen LogP contribution in [0.3, 0.4) is 0 Å². The molecule has 1 amide bonds. The van der Waals surface area contributed by atoms with Crippen LogP contribution in [-0.4, -0.2) is 140 Å². The summed E-state index contributed by atoms with van der Waals surface area (Å²) >= 11 is 0. The molecule has 2 rings (SSSR count). The Morgan fingerprint density at radius 3 is 1.56 bits per heavy atom. The lowest BCUT2D eigenvalue weighted by atomic mass is 9.97. The number of allylic oxidation sites excluding steroid dienone is 3. The largest absolute Gasteiger partial charge is 0.394 e. The Hall–Kier alpha value is -1.53. The van der Waals surface area contributed by atoms with E-state index in [1.54, 1.807) is 6.08 Å². The van der Waals surface area contributed by atoms with Crippen molar-refractivity contribution in [3.63, 3.8) is 0 Å². The smallest absolute Gasteiger partial charge is 0.220 e. The zero-order chi connectivity index (χ0) is 46.1. The minimum Gasteiger partial charge on any atom is -0.394 e. The normalized spacial score (nSPS) is 27.7. The van der Waals surface area contributed by atoms with E-state index in [1.165, 1.54) is 109 Å². The highest BCUT2D eigenvalue weighted by Crippen LogP contribution is 2.30. The summed E-state index contributed by atoms with van der Waals surface area (Å²) in [5.41, 5.74) is 0. The number of carbonyl (C=O) groups excluding carboxylic acids is 1. The molecule has 14 nitrogen and oxygen atoms in total.